The quantitative estimate of drug-likeness (QED) is 0.516. The summed E-state index contributed by atoms with van der Waals surface area (Å²) in [4.78, 5) is 16.2. The number of ether oxygens (including phenoxy) is 1. The van der Waals surface area contributed by atoms with E-state index >= 15 is 0 Å². The van der Waals surface area contributed by atoms with Crippen molar-refractivity contribution < 1.29 is 9.53 Å². The molecule has 3 aromatic rings. The second-order valence-electron chi connectivity index (χ2n) is 5.64. The number of benzene rings is 2. The lowest BCUT2D eigenvalue weighted by Crippen LogP contribution is -2.07. The number of rotatable bonds is 5. The maximum Gasteiger partial charge on any atom is 0.310 e. The smallest absolute Gasteiger partial charge is 0.310 e. The Kier molecular flexibility index (Phi) is 4.86. The van der Waals surface area contributed by atoms with E-state index in [1.165, 1.54) is 0 Å². The van der Waals surface area contributed by atoms with Crippen molar-refractivity contribution in [1.29, 1.82) is 0 Å². The average Bonchev–Trinajstić information content (AvgIpc) is 2.93. The molecule has 3 rings (SSSR count). The van der Waals surface area contributed by atoms with Crippen LogP contribution in [0.3, 0.4) is 0 Å². The van der Waals surface area contributed by atoms with E-state index in [9.17, 15) is 4.79 Å². The fraction of sp³-hybridized carbons (Fsp3) is 0.263. The van der Waals surface area contributed by atoms with Crippen molar-refractivity contribution in [3.05, 3.63) is 59.4 Å². The van der Waals surface area contributed by atoms with Gasteiger partial charge in [-0.25, -0.2) is 4.98 Å². The van der Waals surface area contributed by atoms with Crippen molar-refractivity contribution >= 4 is 28.6 Å². The van der Waals surface area contributed by atoms with Crippen LogP contribution in [0.4, 0.5) is 0 Å². The second-order valence-corrected chi connectivity index (χ2v) is 5.90. The number of hydrogen-bond donors (Lipinski definition) is 0. The third-order valence-electron chi connectivity index (χ3n) is 3.85. The van der Waals surface area contributed by atoms with E-state index in [2.05, 4.69) is 27.8 Å². The number of fused-ring (bicyclic) bond motifs is 1. The summed E-state index contributed by atoms with van der Waals surface area (Å²) in [6, 6.07) is 14.0. The molecule has 0 bridgehead atoms. The maximum atomic E-state index is 11.6. The molecule has 5 heteroatoms. The van der Waals surface area contributed by atoms with E-state index < -0.39 is 0 Å². The zero-order valence-electron chi connectivity index (χ0n) is 13.8. The first-order valence-corrected chi connectivity index (χ1v) is 8.44. The Hall–Kier alpha value is -2.33. The van der Waals surface area contributed by atoms with Gasteiger partial charge in [-0.15, -0.1) is 11.6 Å². The predicted octanol–water partition coefficient (Wildman–Crippen LogP) is 4.18. The minimum absolute atomic E-state index is 0.213. The topological polar surface area (TPSA) is 44.1 Å². The van der Waals surface area contributed by atoms with E-state index in [1.54, 1.807) is 6.92 Å². The second kappa shape index (κ2) is 7.05. The maximum absolute atomic E-state index is 11.6. The largest absolute Gasteiger partial charge is 0.466 e. The van der Waals surface area contributed by atoms with Gasteiger partial charge in [0.1, 0.15) is 5.82 Å². The predicted molar refractivity (Wildman–Crippen MR) is 95.7 cm³/mol. The summed E-state index contributed by atoms with van der Waals surface area (Å²) in [5, 5.41) is 0. The molecule has 0 aliphatic heterocycles. The molecule has 0 spiro atoms. The number of carbonyl (C=O) groups excluding carboxylic acids is 1. The summed E-state index contributed by atoms with van der Waals surface area (Å²) < 4.78 is 7.03. The van der Waals surface area contributed by atoms with Gasteiger partial charge in [-0.2, -0.15) is 0 Å². The minimum Gasteiger partial charge on any atom is -0.466 e. The fourth-order valence-corrected chi connectivity index (χ4v) is 2.94. The van der Waals surface area contributed by atoms with Crippen molar-refractivity contribution in [3.8, 4) is 5.69 Å². The van der Waals surface area contributed by atoms with E-state index in [0.717, 1.165) is 33.7 Å². The summed E-state index contributed by atoms with van der Waals surface area (Å²) in [7, 11) is 0. The van der Waals surface area contributed by atoms with Gasteiger partial charge in [-0.3, -0.25) is 9.36 Å². The molecular weight excluding hydrogens is 324 g/mol. The SMILES string of the molecule is CCOC(=O)Cc1ccc(-n2c(CCl)nc3cc(C)ccc32)cc1. The average molecular weight is 343 g/mol. The molecule has 0 unspecified atom stereocenters. The number of alkyl halides is 1. The van der Waals surface area contributed by atoms with Gasteiger partial charge in [0.05, 0.1) is 29.9 Å². The highest BCUT2D eigenvalue weighted by molar-refractivity contribution is 6.17. The molecule has 1 aromatic heterocycles. The normalized spacial score (nSPS) is 11.0. The minimum atomic E-state index is -0.213. The van der Waals surface area contributed by atoms with Crippen LogP contribution in [-0.4, -0.2) is 22.1 Å². The molecular formula is C19H19ClN2O2. The highest BCUT2D eigenvalue weighted by atomic mass is 35.5. The highest BCUT2D eigenvalue weighted by Crippen LogP contribution is 2.24. The first kappa shape index (κ1) is 16.5. The van der Waals surface area contributed by atoms with E-state index in [-0.39, 0.29) is 12.4 Å². The van der Waals surface area contributed by atoms with Crippen molar-refractivity contribution in [2.75, 3.05) is 6.61 Å². The lowest BCUT2D eigenvalue weighted by Gasteiger charge is -2.09. The standard InChI is InChI=1S/C19H19ClN2O2/c1-3-24-19(23)11-14-5-7-15(8-6-14)22-17-9-4-13(2)10-16(17)21-18(22)12-20/h4-10H,3,11-12H2,1-2H3. The van der Waals surface area contributed by atoms with E-state index in [1.807, 2.05) is 31.2 Å². The molecule has 0 aliphatic rings. The number of halogens is 1. The van der Waals surface area contributed by atoms with Crippen LogP contribution in [0.25, 0.3) is 16.7 Å². The first-order chi connectivity index (χ1) is 11.6. The first-order valence-electron chi connectivity index (χ1n) is 7.91. The van der Waals surface area contributed by atoms with Crippen molar-refractivity contribution in [1.82, 2.24) is 9.55 Å². The Morgan fingerprint density at radius 1 is 1.21 bits per heavy atom. The number of nitrogens with zero attached hydrogens (tertiary/aromatic N) is 2. The molecule has 1 heterocycles. The Bertz CT molecular complexity index is 869. The van der Waals surface area contributed by atoms with Crippen LogP contribution >= 0.6 is 11.6 Å². The Morgan fingerprint density at radius 3 is 2.62 bits per heavy atom. The van der Waals surface area contributed by atoms with Crippen molar-refractivity contribution in [3.63, 3.8) is 0 Å². The molecule has 24 heavy (non-hydrogen) atoms. The van der Waals surface area contributed by atoms with Gasteiger partial charge in [0, 0.05) is 5.69 Å². The van der Waals surface area contributed by atoms with Gasteiger partial charge in [0.2, 0.25) is 0 Å². The van der Waals surface area contributed by atoms with Crippen LogP contribution in [0.5, 0.6) is 0 Å². The number of aryl methyl sites for hydroxylation is 1. The molecule has 124 valence electrons. The number of esters is 1. The van der Waals surface area contributed by atoms with Gasteiger partial charge >= 0.3 is 5.97 Å². The lowest BCUT2D eigenvalue weighted by molar-refractivity contribution is -0.142. The number of aromatic nitrogens is 2. The summed E-state index contributed by atoms with van der Waals surface area (Å²) in [5.74, 6) is 0.920. The van der Waals surface area contributed by atoms with Crippen LogP contribution in [0.1, 0.15) is 23.9 Å². The zero-order valence-corrected chi connectivity index (χ0v) is 14.5. The molecule has 0 fully saturated rings. The number of hydrogen-bond acceptors (Lipinski definition) is 3. The van der Waals surface area contributed by atoms with Crippen LogP contribution in [0.15, 0.2) is 42.5 Å². The van der Waals surface area contributed by atoms with Crippen molar-refractivity contribution in [2.24, 2.45) is 0 Å². The summed E-state index contributed by atoms with van der Waals surface area (Å²) in [6.45, 7) is 4.25. The Balaban J connectivity index is 1.97. The third-order valence-corrected chi connectivity index (χ3v) is 4.09. The Labute approximate surface area is 146 Å². The van der Waals surface area contributed by atoms with Crippen LogP contribution in [0, 0.1) is 6.92 Å². The molecule has 0 atom stereocenters. The number of imidazole rings is 1. The Morgan fingerprint density at radius 2 is 1.96 bits per heavy atom. The summed E-state index contributed by atoms with van der Waals surface area (Å²) >= 11 is 6.08. The van der Waals surface area contributed by atoms with E-state index in [4.69, 9.17) is 16.3 Å². The van der Waals surface area contributed by atoms with Gasteiger partial charge in [0.25, 0.3) is 0 Å². The monoisotopic (exact) mass is 342 g/mol. The molecule has 0 saturated carbocycles. The van der Waals surface area contributed by atoms with Gasteiger partial charge in [-0.1, -0.05) is 18.2 Å². The van der Waals surface area contributed by atoms with Gasteiger partial charge in [-0.05, 0) is 49.2 Å². The molecule has 0 amide bonds. The summed E-state index contributed by atoms with van der Waals surface area (Å²) in [5.41, 5.74) is 5.02. The van der Waals surface area contributed by atoms with Crippen LogP contribution < -0.4 is 0 Å². The molecule has 0 saturated heterocycles. The molecule has 4 nitrogen and oxygen atoms in total. The van der Waals surface area contributed by atoms with Crippen LogP contribution in [-0.2, 0) is 21.8 Å². The van der Waals surface area contributed by atoms with Crippen LogP contribution in [0.2, 0.25) is 0 Å². The molecule has 2 aromatic carbocycles. The molecule has 0 radical (unpaired) electrons. The molecule has 0 aliphatic carbocycles. The zero-order chi connectivity index (χ0) is 17.1. The van der Waals surface area contributed by atoms with Gasteiger partial charge < -0.3 is 4.74 Å². The fourth-order valence-electron chi connectivity index (χ4n) is 2.76. The lowest BCUT2D eigenvalue weighted by atomic mass is 10.1. The number of carbonyl (C=O) groups is 1. The highest BCUT2D eigenvalue weighted by Gasteiger charge is 2.12. The third kappa shape index (κ3) is 3.29. The molecule has 0 N–H and O–H groups in total. The van der Waals surface area contributed by atoms with Gasteiger partial charge in [0.15, 0.2) is 0 Å². The summed E-state index contributed by atoms with van der Waals surface area (Å²) in [6.07, 6.45) is 0.278. The van der Waals surface area contributed by atoms with Crippen molar-refractivity contribution in [2.45, 2.75) is 26.1 Å². The van der Waals surface area contributed by atoms with E-state index in [0.29, 0.717) is 12.5 Å².